The van der Waals surface area contributed by atoms with Crippen molar-refractivity contribution in [2.24, 2.45) is 40.4 Å². The van der Waals surface area contributed by atoms with E-state index >= 15 is 0 Å². The summed E-state index contributed by atoms with van der Waals surface area (Å²) in [5, 5.41) is 0. The summed E-state index contributed by atoms with van der Waals surface area (Å²) in [7, 11) is 0. The van der Waals surface area contributed by atoms with Crippen molar-refractivity contribution in [3.8, 4) is 0 Å². The molecule has 0 radical (unpaired) electrons. The standard InChI is InChI=1S/C20H26O2/c1-10-6-13-16-14(19(16,4)5)8-12(3)20(18(13)22)9-11(2)17(21)15(20)7-10/h6,9,12-16H,7-8H2,1-5H3/t12-,13+,14-,15-,16+,20-/m1/s1. The predicted molar refractivity (Wildman–Crippen MR) is 86.1 cm³/mol. The van der Waals surface area contributed by atoms with Gasteiger partial charge in [0.25, 0.3) is 0 Å². The van der Waals surface area contributed by atoms with E-state index in [2.05, 4.69) is 39.8 Å². The number of rotatable bonds is 0. The zero-order chi connectivity index (χ0) is 16.0. The second-order valence-corrected chi connectivity index (χ2v) is 8.87. The van der Waals surface area contributed by atoms with E-state index in [4.69, 9.17) is 0 Å². The van der Waals surface area contributed by atoms with Gasteiger partial charge in [0.05, 0.1) is 5.41 Å². The van der Waals surface area contributed by atoms with E-state index in [9.17, 15) is 9.59 Å². The fourth-order valence-corrected chi connectivity index (χ4v) is 6.11. The zero-order valence-corrected chi connectivity index (χ0v) is 14.3. The van der Waals surface area contributed by atoms with Crippen LogP contribution in [0.4, 0.5) is 0 Å². The van der Waals surface area contributed by atoms with Crippen molar-refractivity contribution in [3.05, 3.63) is 23.3 Å². The second-order valence-electron chi connectivity index (χ2n) is 8.87. The van der Waals surface area contributed by atoms with Gasteiger partial charge in [-0.2, -0.15) is 0 Å². The first-order chi connectivity index (χ1) is 10.2. The van der Waals surface area contributed by atoms with Gasteiger partial charge in [0.1, 0.15) is 0 Å². The van der Waals surface area contributed by atoms with Crippen LogP contribution in [0.25, 0.3) is 0 Å². The molecule has 2 bridgehead atoms. The van der Waals surface area contributed by atoms with Crippen LogP contribution < -0.4 is 0 Å². The number of hydrogen-bond acceptors (Lipinski definition) is 2. The smallest absolute Gasteiger partial charge is 0.163 e. The lowest BCUT2D eigenvalue weighted by molar-refractivity contribution is -0.138. The van der Waals surface area contributed by atoms with Crippen molar-refractivity contribution in [1.82, 2.24) is 0 Å². The number of Topliss-reactive ketones (excluding diaryl/α,β-unsaturated/α-hetero) is 2. The van der Waals surface area contributed by atoms with Crippen molar-refractivity contribution in [3.63, 3.8) is 0 Å². The van der Waals surface area contributed by atoms with Crippen LogP contribution in [0.15, 0.2) is 23.3 Å². The summed E-state index contributed by atoms with van der Waals surface area (Å²) < 4.78 is 0. The van der Waals surface area contributed by atoms with Gasteiger partial charge in [-0.05, 0) is 55.4 Å². The second kappa shape index (κ2) is 4.01. The van der Waals surface area contributed by atoms with E-state index in [-0.39, 0.29) is 29.0 Å². The van der Waals surface area contributed by atoms with Crippen molar-refractivity contribution >= 4 is 11.6 Å². The molecule has 4 rings (SSSR count). The van der Waals surface area contributed by atoms with Crippen LogP contribution in [-0.2, 0) is 9.59 Å². The van der Waals surface area contributed by atoms with Crippen LogP contribution in [0, 0.1) is 40.4 Å². The summed E-state index contributed by atoms with van der Waals surface area (Å²) in [6.07, 6.45) is 6.12. The van der Waals surface area contributed by atoms with E-state index in [0.717, 1.165) is 18.4 Å². The summed E-state index contributed by atoms with van der Waals surface area (Å²) in [6.45, 7) is 10.8. The molecular formula is C20H26O2. The maximum absolute atomic E-state index is 13.6. The molecule has 2 heteroatoms. The Morgan fingerprint density at radius 2 is 1.86 bits per heavy atom. The molecule has 118 valence electrons. The molecule has 0 unspecified atom stereocenters. The van der Waals surface area contributed by atoms with Gasteiger partial charge in [-0.1, -0.05) is 38.5 Å². The maximum Gasteiger partial charge on any atom is 0.163 e. The number of carbonyl (C=O) groups excluding carboxylic acids is 2. The van der Waals surface area contributed by atoms with Gasteiger partial charge in [0.15, 0.2) is 11.6 Å². The topological polar surface area (TPSA) is 34.1 Å². The molecule has 0 aromatic carbocycles. The summed E-state index contributed by atoms with van der Waals surface area (Å²) in [5.74, 6) is 1.79. The fraction of sp³-hybridized carbons (Fsp3) is 0.700. The molecule has 22 heavy (non-hydrogen) atoms. The monoisotopic (exact) mass is 298 g/mol. The Labute approximate surface area is 133 Å². The van der Waals surface area contributed by atoms with Gasteiger partial charge >= 0.3 is 0 Å². The first-order valence-electron chi connectivity index (χ1n) is 8.66. The van der Waals surface area contributed by atoms with Crippen LogP contribution in [0.2, 0.25) is 0 Å². The van der Waals surface area contributed by atoms with Crippen LogP contribution in [0.1, 0.15) is 47.5 Å². The highest BCUT2D eigenvalue weighted by molar-refractivity contribution is 6.08. The Balaban J connectivity index is 1.92. The summed E-state index contributed by atoms with van der Waals surface area (Å²) in [6, 6.07) is 0. The number of ketones is 2. The SMILES string of the molecule is CC1=C[C@@H]2C(=O)[C@]3(C=C(C)C(=O)[C@H]3C1)[C@H](C)C[C@@H]1[C@H]2C1(C)C. The van der Waals surface area contributed by atoms with E-state index in [0.29, 0.717) is 17.6 Å². The van der Waals surface area contributed by atoms with E-state index in [1.165, 1.54) is 5.57 Å². The molecule has 4 aliphatic rings. The van der Waals surface area contributed by atoms with Crippen molar-refractivity contribution in [2.45, 2.75) is 47.5 Å². The first-order valence-corrected chi connectivity index (χ1v) is 8.66. The van der Waals surface area contributed by atoms with Gasteiger partial charge in [-0.25, -0.2) is 0 Å². The molecule has 2 nitrogen and oxygen atoms in total. The number of fused-ring (bicyclic) bond motifs is 3. The largest absolute Gasteiger partial charge is 0.298 e. The Morgan fingerprint density at radius 1 is 1.18 bits per heavy atom. The minimum absolute atomic E-state index is 0.0184. The normalized spacial score (nSPS) is 48.7. The number of hydrogen-bond donors (Lipinski definition) is 0. The third-order valence-electron chi connectivity index (χ3n) is 7.41. The number of carbonyl (C=O) groups is 2. The van der Waals surface area contributed by atoms with Crippen molar-refractivity contribution in [2.75, 3.05) is 0 Å². The van der Waals surface area contributed by atoms with Crippen molar-refractivity contribution in [1.29, 1.82) is 0 Å². The van der Waals surface area contributed by atoms with Gasteiger partial charge < -0.3 is 0 Å². The molecule has 0 aromatic heterocycles. The highest BCUT2D eigenvalue weighted by atomic mass is 16.1. The van der Waals surface area contributed by atoms with E-state index < -0.39 is 5.41 Å². The minimum atomic E-state index is -0.524. The molecular weight excluding hydrogens is 272 g/mol. The molecule has 0 heterocycles. The lowest BCUT2D eigenvalue weighted by atomic mass is 9.62. The Hall–Kier alpha value is -1.18. The summed E-state index contributed by atoms with van der Waals surface area (Å²) in [5.41, 5.74) is 1.79. The minimum Gasteiger partial charge on any atom is -0.298 e. The Bertz CT molecular complexity index is 651. The van der Waals surface area contributed by atoms with Crippen LogP contribution in [0.5, 0.6) is 0 Å². The van der Waals surface area contributed by atoms with E-state index in [1.807, 2.05) is 6.92 Å². The molecule has 1 spiro atoms. The van der Waals surface area contributed by atoms with Gasteiger partial charge in [0, 0.05) is 11.8 Å². The average Bonchev–Trinajstić information content (AvgIpc) is 2.92. The van der Waals surface area contributed by atoms with E-state index in [1.54, 1.807) is 0 Å². The number of allylic oxidation sites excluding steroid dienone is 4. The molecule has 4 aliphatic carbocycles. The summed E-state index contributed by atoms with van der Waals surface area (Å²) in [4.78, 5) is 26.3. The van der Waals surface area contributed by atoms with Crippen LogP contribution in [0.3, 0.4) is 0 Å². The maximum atomic E-state index is 13.6. The third kappa shape index (κ3) is 1.47. The quantitative estimate of drug-likeness (QED) is 0.634. The Kier molecular flexibility index (Phi) is 2.63. The Morgan fingerprint density at radius 3 is 2.55 bits per heavy atom. The average molecular weight is 298 g/mol. The molecule has 2 fully saturated rings. The zero-order valence-electron chi connectivity index (χ0n) is 14.3. The van der Waals surface area contributed by atoms with Gasteiger partial charge in [-0.15, -0.1) is 0 Å². The fourth-order valence-electron chi connectivity index (χ4n) is 6.11. The highest BCUT2D eigenvalue weighted by Crippen LogP contribution is 2.70. The molecule has 2 saturated carbocycles. The van der Waals surface area contributed by atoms with Crippen molar-refractivity contribution < 1.29 is 9.59 Å². The first kappa shape index (κ1) is 14.4. The predicted octanol–water partition coefficient (Wildman–Crippen LogP) is 3.97. The molecule has 0 amide bonds. The van der Waals surface area contributed by atoms with Gasteiger partial charge in [0.2, 0.25) is 0 Å². The molecule has 0 aromatic rings. The van der Waals surface area contributed by atoms with Crippen LogP contribution >= 0.6 is 0 Å². The third-order valence-corrected chi connectivity index (χ3v) is 7.41. The highest BCUT2D eigenvalue weighted by Gasteiger charge is 2.69. The molecule has 0 N–H and O–H groups in total. The molecule has 0 aliphatic heterocycles. The molecule has 6 atom stereocenters. The lowest BCUT2D eigenvalue weighted by Gasteiger charge is -2.38. The molecule has 0 saturated heterocycles. The summed E-state index contributed by atoms with van der Waals surface area (Å²) >= 11 is 0. The van der Waals surface area contributed by atoms with Crippen LogP contribution in [-0.4, -0.2) is 11.6 Å². The van der Waals surface area contributed by atoms with Gasteiger partial charge in [-0.3, -0.25) is 9.59 Å². The lowest BCUT2D eigenvalue weighted by Crippen LogP contribution is -2.44.